The van der Waals surface area contributed by atoms with Gasteiger partial charge in [-0.2, -0.15) is 0 Å². The molecule has 104 valence electrons. The molecule has 1 aromatic heterocycles. The predicted molar refractivity (Wildman–Crippen MR) is 82.1 cm³/mol. The van der Waals surface area contributed by atoms with Crippen molar-refractivity contribution in [2.24, 2.45) is 0 Å². The summed E-state index contributed by atoms with van der Waals surface area (Å²) in [6.07, 6.45) is 4.21. The van der Waals surface area contributed by atoms with Crippen molar-refractivity contribution in [3.05, 3.63) is 52.8 Å². The minimum Gasteiger partial charge on any atom is -0.486 e. The van der Waals surface area contributed by atoms with Crippen LogP contribution in [0, 0.1) is 0 Å². The zero-order valence-corrected chi connectivity index (χ0v) is 13.0. The lowest BCUT2D eigenvalue weighted by atomic mass is 10.0. The van der Waals surface area contributed by atoms with Crippen LogP contribution in [0.1, 0.15) is 16.0 Å². The van der Waals surface area contributed by atoms with Gasteiger partial charge >= 0.3 is 0 Å². The van der Waals surface area contributed by atoms with E-state index >= 15 is 0 Å². The van der Waals surface area contributed by atoms with Gasteiger partial charge in [-0.25, -0.2) is 0 Å². The molecule has 1 unspecified atom stereocenters. The lowest BCUT2D eigenvalue weighted by Crippen LogP contribution is -2.15. The van der Waals surface area contributed by atoms with Gasteiger partial charge in [-0.15, -0.1) is 0 Å². The standard InChI is InChI=1S/C15H13BrClNO2/c16-12(7-11-3-4-18-9-13(11)17)10-1-2-14-15(8-10)20-6-5-19-14/h1-4,8-9,12H,5-7H2. The van der Waals surface area contributed by atoms with Gasteiger partial charge in [0.1, 0.15) is 13.2 Å². The Morgan fingerprint density at radius 3 is 2.80 bits per heavy atom. The Balaban J connectivity index is 1.80. The van der Waals surface area contributed by atoms with Gasteiger partial charge in [0.2, 0.25) is 0 Å². The third-order valence-corrected chi connectivity index (χ3v) is 4.38. The van der Waals surface area contributed by atoms with E-state index in [2.05, 4.69) is 20.9 Å². The minimum absolute atomic E-state index is 0.165. The normalized spacial score (nSPS) is 14.9. The summed E-state index contributed by atoms with van der Waals surface area (Å²) in [4.78, 5) is 4.16. The minimum atomic E-state index is 0.165. The van der Waals surface area contributed by atoms with Gasteiger partial charge in [0.15, 0.2) is 11.5 Å². The molecular formula is C15H13BrClNO2. The van der Waals surface area contributed by atoms with Gasteiger partial charge in [-0.1, -0.05) is 33.6 Å². The number of ether oxygens (including phenoxy) is 2. The fourth-order valence-corrected chi connectivity index (χ4v) is 2.97. The van der Waals surface area contributed by atoms with Crippen LogP contribution in [0.5, 0.6) is 11.5 Å². The number of aromatic nitrogens is 1. The largest absolute Gasteiger partial charge is 0.486 e. The molecule has 1 aromatic carbocycles. The van der Waals surface area contributed by atoms with Gasteiger partial charge in [0.05, 0.1) is 5.02 Å². The number of nitrogens with zero attached hydrogens (tertiary/aromatic N) is 1. The topological polar surface area (TPSA) is 31.4 Å². The molecule has 0 bridgehead atoms. The van der Waals surface area contributed by atoms with Crippen molar-refractivity contribution in [2.45, 2.75) is 11.2 Å². The SMILES string of the molecule is Clc1cnccc1CC(Br)c1ccc2c(c1)OCCO2. The predicted octanol–water partition coefficient (Wildman–Crippen LogP) is 4.18. The van der Waals surface area contributed by atoms with E-state index in [1.807, 2.05) is 24.3 Å². The van der Waals surface area contributed by atoms with Crippen molar-refractivity contribution < 1.29 is 9.47 Å². The molecule has 0 spiro atoms. The summed E-state index contributed by atoms with van der Waals surface area (Å²) in [5, 5.41) is 0.689. The molecule has 2 heterocycles. The fourth-order valence-electron chi connectivity index (χ4n) is 2.14. The molecule has 5 heteroatoms. The smallest absolute Gasteiger partial charge is 0.161 e. The van der Waals surface area contributed by atoms with E-state index in [-0.39, 0.29) is 4.83 Å². The highest BCUT2D eigenvalue weighted by Crippen LogP contribution is 2.36. The molecule has 0 fully saturated rings. The van der Waals surface area contributed by atoms with E-state index in [1.54, 1.807) is 12.4 Å². The van der Waals surface area contributed by atoms with Crippen molar-refractivity contribution in [1.82, 2.24) is 4.98 Å². The number of pyridine rings is 1. The third kappa shape index (κ3) is 2.91. The first-order valence-electron chi connectivity index (χ1n) is 6.36. The molecule has 1 aliphatic rings. The van der Waals surface area contributed by atoms with Crippen LogP contribution in [-0.2, 0) is 6.42 Å². The van der Waals surface area contributed by atoms with Crippen LogP contribution in [0.4, 0.5) is 0 Å². The molecule has 3 rings (SSSR count). The number of halogens is 2. The Bertz CT molecular complexity index is 621. The summed E-state index contributed by atoms with van der Waals surface area (Å²) in [6, 6.07) is 7.95. The molecule has 0 saturated heterocycles. The molecule has 0 saturated carbocycles. The lowest BCUT2D eigenvalue weighted by Gasteiger charge is -2.20. The second kappa shape index (κ2) is 6.02. The van der Waals surface area contributed by atoms with Crippen LogP contribution in [-0.4, -0.2) is 18.2 Å². The van der Waals surface area contributed by atoms with Crippen molar-refractivity contribution >= 4 is 27.5 Å². The van der Waals surface area contributed by atoms with Crippen LogP contribution >= 0.6 is 27.5 Å². The second-order valence-corrected chi connectivity index (χ2v) is 6.05. The molecule has 0 radical (unpaired) electrons. The Hall–Kier alpha value is -1.26. The number of benzene rings is 1. The molecule has 2 aromatic rings. The number of rotatable bonds is 3. The summed E-state index contributed by atoms with van der Waals surface area (Å²) in [5.74, 6) is 1.61. The van der Waals surface area contributed by atoms with E-state index < -0.39 is 0 Å². The maximum Gasteiger partial charge on any atom is 0.161 e. The fraction of sp³-hybridized carbons (Fsp3) is 0.267. The highest BCUT2D eigenvalue weighted by molar-refractivity contribution is 9.09. The van der Waals surface area contributed by atoms with Crippen LogP contribution in [0.15, 0.2) is 36.7 Å². The molecule has 0 amide bonds. The second-order valence-electron chi connectivity index (χ2n) is 4.54. The maximum absolute atomic E-state index is 6.14. The maximum atomic E-state index is 6.14. The van der Waals surface area contributed by atoms with E-state index in [0.29, 0.717) is 18.2 Å². The highest BCUT2D eigenvalue weighted by Gasteiger charge is 2.16. The lowest BCUT2D eigenvalue weighted by molar-refractivity contribution is 0.171. The molecule has 3 nitrogen and oxygen atoms in total. The molecule has 0 aliphatic carbocycles. The van der Waals surface area contributed by atoms with Crippen molar-refractivity contribution in [1.29, 1.82) is 0 Å². The molecule has 0 N–H and O–H groups in total. The van der Waals surface area contributed by atoms with Crippen LogP contribution in [0.25, 0.3) is 0 Å². The summed E-state index contributed by atoms with van der Waals surface area (Å²) in [5.41, 5.74) is 2.21. The Morgan fingerprint density at radius 1 is 1.20 bits per heavy atom. The average Bonchev–Trinajstić information content (AvgIpc) is 2.49. The summed E-state index contributed by atoms with van der Waals surface area (Å²) >= 11 is 9.85. The van der Waals surface area contributed by atoms with Gasteiger partial charge in [0.25, 0.3) is 0 Å². The molecule has 20 heavy (non-hydrogen) atoms. The number of hydrogen-bond donors (Lipinski definition) is 0. The number of fused-ring (bicyclic) bond motifs is 1. The first kappa shape index (κ1) is 13.7. The highest BCUT2D eigenvalue weighted by atomic mass is 79.9. The zero-order valence-electron chi connectivity index (χ0n) is 10.7. The van der Waals surface area contributed by atoms with Crippen LogP contribution < -0.4 is 9.47 Å². The summed E-state index contributed by atoms with van der Waals surface area (Å²) < 4.78 is 11.1. The van der Waals surface area contributed by atoms with Crippen molar-refractivity contribution in [3.8, 4) is 11.5 Å². The van der Waals surface area contributed by atoms with Gasteiger partial charge in [-0.05, 0) is 35.7 Å². The van der Waals surface area contributed by atoms with E-state index in [0.717, 1.165) is 29.0 Å². The van der Waals surface area contributed by atoms with E-state index in [4.69, 9.17) is 21.1 Å². The summed E-state index contributed by atoms with van der Waals surface area (Å²) in [6.45, 7) is 1.20. The van der Waals surface area contributed by atoms with Crippen LogP contribution in [0.2, 0.25) is 5.02 Å². The Morgan fingerprint density at radius 2 is 2.00 bits per heavy atom. The van der Waals surface area contributed by atoms with Crippen LogP contribution in [0.3, 0.4) is 0 Å². The number of hydrogen-bond acceptors (Lipinski definition) is 3. The van der Waals surface area contributed by atoms with Gasteiger partial charge in [-0.3, -0.25) is 4.98 Å². The Kier molecular flexibility index (Phi) is 4.13. The Labute approximate surface area is 131 Å². The quantitative estimate of drug-likeness (QED) is 0.775. The molecule has 1 atom stereocenters. The number of alkyl halides is 1. The monoisotopic (exact) mass is 353 g/mol. The van der Waals surface area contributed by atoms with Gasteiger partial charge in [0, 0.05) is 17.2 Å². The first-order valence-corrected chi connectivity index (χ1v) is 7.65. The summed E-state index contributed by atoms with van der Waals surface area (Å²) in [7, 11) is 0. The van der Waals surface area contributed by atoms with Gasteiger partial charge < -0.3 is 9.47 Å². The molecular weight excluding hydrogens is 342 g/mol. The van der Waals surface area contributed by atoms with Crippen molar-refractivity contribution in [3.63, 3.8) is 0 Å². The first-order chi connectivity index (χ1) is 9.74. The molecule has 1 aliphatic heterocycles. The van der Waals surface area contributed by atoms with Crippen molar-refractivity contribution in [2.75, 3.05) is 13.2 Å². The van der Waals surface area contributed by atoms with E-state index in [1.165, 1.54) is 0 Å². The average molecular weight is 355 g/mol. The van der Waals surface area contributed by atoms with E-state index in [9.17, 15) is 0 Å². The third-order valence-electron chi connectivity index (χ3n) is 3.18. The zero-order chi connectivity index (χ0) is 13.9.